The molecule has 0 heterocycles. The van der Waals surface area contributed by atoms with Gasteiger partial charge in [0.15, 0.2) is 0 Å². The monoisotopic (exact) mass is 367 g/mol. The van der Waals surface area contributed by atoms with Crippen LogP contribution >= 0.6 is 0 Å². The first-order valence-corrected chi connectivity index (χ1v) is 10.8. The van der Waals surface area contributed by atoms with Crippen LogP contribution < -0.4 is 6.15 Å². The highest BCUT2D eigenvalue weighted by Crippen LogP contribution is 2.21. The average molecular weight is 368 g/mol. The molecular weight excluding hydrogens is 326 g/mol. The molecule has 0 atom stereocenters. The molecule has 0 aliphatic rings. The first kappa shape index (κ1) is 26.1. The lowest BCUT2D eigenvalue weighted by atomic mass is 9.99. The molecule has 0 saturated carbocycles. The molecule has 0 saturated heterocycles. The summed E-state index contributed by atoms with van der Waals surface area (Å²) >= 11 is 0. The van der Waals surface area contributed by atoms with Crippen molar-refractivity contribution >= 4 is 10.4 Å². The Hall–Kier alpha value is -0.170. The van der Waals surface area contributed by atoms with E-state index in [4.69, 9.17) is 0 Å². The van der Waals surface area contributed by atoms with Crippen molar-refractivity contribution < 1.29 is 17.2 Å². The first-order chi connectivity index (χ1) is 10.8. The molecule has 0 aromatic carbocycles. The van der Waals surface area contributed by atoms with Gasteiger partial charge in [0, 0.05) is 0 Å². The Balaban J connectivity index is 0. The summed E-state index contributed by atoms with van der Waals surface area (Å²) in [6.07, 6.45) is 17.2. The number of quaternary nitrogens is 1. The van der Waals surface area contributed by atoms with Crippen LogP contribution in [-0.4, -0.2) is 18.6 Å². The van der Waals surface area contributed by atoms with Crippen LogP contribution in [0.4, 0.5) is 0 Å². The summed E-state index contributed by atoms with van der Waals surface area (Å²) in [5, 5.41) is 0. The summed E-state index contributed by atoms with van der Waals surface area (Å²) in [6, 6.07) is 0. The van der Waals surface area contributed by atoms with Gasteiger partial charge in [0.2, 0.25) is 10.4 Å². The van der Waals surface area contributed by atoms with Gasteiger partial charge in [-0.2, -0.15) is 0 Å². The van der Waals surface area contributed by atoms with Crippen LogP contribution in [0.1, 0.15) is 111 Å². The summed E-state index contributed by atoms with van der Waals surface area (Å²) in [5.41, 5.74) is -0.877. The second-order valence-electron chi connectivity index (χ2n) is 7.24. The highest BCUT2D eigenvalue weighted by atomic mass is 32.3. The number of unbranched alkanes of at least 4 members (excludes halogenated alkanes) is 12. The minimum absolute atomic E-state index is 0. The van der Waals surface area contributed by atoms with E-state index in [-0.39, 0.29) is 6.15 Å². The van der Waals surface area contributed by atoms with Gasteiger partial charge in [0.1, 0.15) is 0 Å². The highest BCUT2D eigenvalue weighted by Gasteiger charge is 2.21. The fraction of sp³-hybridized carbons (Fsp3) is 1.00. The van der Waals surface area contributed by atoms with Gasteiger partial charge in [-0.25, -0.2) is 8.42 Å². The zero-order chi connectivity index (χ0) is 17.6. The third-order valence-electron chi connectivity index (χ3n) is 4.21. The van der Waals surface area contributed by atoms with Gasteiger partial charge in [0.05, 0.1) is 5.60 Å². The molecule has 0 spiro atoms. The Labute approximate surface area is 150 Å². The quantitative estimate of drug-likeness (QED) is 0.202. The van der Waals surface area contributed by atoms with E-state index in [1.807, 2.05) is 0 Å². The van der Waals surface area contributed by atoms with Gasteiger partial charge >= 0.3 is 0 Å². The third kappa shape index (κ3) is 19.9. The van der Waals surface area contributed by atoms with Gasteiger partial charge < -0.3 is 10.7 Å². The standard InChI is InChI=1S/C18H38O4S.H3N/c1-4-5-6-7-8-9-10-11-12-13-14-15-16-17-18(2,3)22-23(19,20)21;/h4-17H2,1-3H3,(H,19,20,21);1H3. The largest absolute Gasteiger partial charge is 0.726 e. The van der Waals surface area contributed by atoms with Crippen molar-refractivity contribution in [3.8, 4) is 0 Å². The number of hydrogen-bond acceptors (Lipinski definition) is 4. The summed E-state index contributed by atoms with van der Waals surface area (Å²) in [4.78, 5) is 0. The van der Waals surface area contributed by atoms with Crippen molar-refractivity contribution in [1.82, 2.24) is 6.15 Å². The average Bonchev–Trinajstić information content (AvgIpc) is 2.41. The number of hydrogen-bond donors (Lipinski definition) is 1. The fourth-order valence-corrected chi connectivity index (χ4v) is 3.52. The Kier molecular flexibility index (Phi) is 16.4. The van der Waals surface area contributed by atoms with Crippen molar-refractivity contribution in [2.75, 3.05) is 0 Å². The molecule has 6 heteroatoms. The van der Waals surface area contributed by atoms with E-state index in [2.05, 4.69) is 11.1 Å². The molecule has 0 fully saturated rings. The second kappa shape index (κ2) is 15.1. The molecule has 0 unspecified atom stereocenters. The van der Waals surface area contributed by atoms with Crippen LogP contribution in [0.5, 0.6) is 0 Å². The van der Waals surface area contributed by atoms with E-state index in [1.54, 1.807) is 13.8 Å². The van der Waals surface area contributed by atoms with Crippen molar-refractivity contribution in [3.63, 3.8) is 0 Å². The topological polar surface area (TPSA) is 103 Å². The SMILES string of the molecule is CCCCCCCCCCCCCCCC(C)(C)OS(=O)(=O)[O-].[NH4+]. The molecule has 148 valence electrons. The Bertz CT molecular complexity index is 369. The van der Waals surface area contributed by atoms with E-state index in [1.165, 1.54) is 70.6 Å². The van der Waals surface area contributed by atoms with Gasteiger partial charge in [-0.1, -0.05) is 90.4 Å². The molecule has 0 aliphatic heterocycles. The summed E-state index contributed by atoms with van der Waals surface area (Å²) in [6.45, 7) is 5.56. The van der Waals surface area contributed by atoms with E-state index < -0.39 is 16.0 Å². The van der Waals surface area contributed by atoms with Gasteiger partial charge in [-0.15, -0.1) is 0 Å². The minimum Gasteiger partial charge on any atom is -0.726 e. The summed E-state index contributed by atoms with van der Waals surface area (Å²) < 4.78 is 36.4. The second-order valence-corrected chi connectivity index (χ2v) is 8.23. The smallest absolute Gasteiger partial charge is 0.218 e. The normalized spacial score (nSPS) is 12.2. The Morgan fingerprint density at radius 3 is 1.42 bits per heavy atom. The number of rotatable bonds is 16. The van der Waals surface area contributed by atoms with E-state index in [9.17, 15) is 13.0 Å². The predicted octanol–water partition coefficient (Wildman–Crippen LogP) is 6.10. The molecule has 0 bridgehead atoms. The summed E-state index contributed by atoms with van der Waals surface area (Å²) in [5.74, 6) is 0. The maximum absolute atomic E-state index is 10.6. The van der Waals surface area contributed by atoms with Crippen molar-refractivity contribution in [2.24, 2.45) is 0 Å². The van der Waals surface area contributed by atoms with Gasteiger partial charge in [-0.3, -0.25) is 4.18 Å². The minimum atomic E-state index is -4.60. The molecule has 0 radical (unpaired) electrons. The molecule has 0 aromatic heterocycles. The first-order valence-electron chi connectivity index (χ1n) is 9.43. The molecular formula is C18H41NO4S. The molecule has 24 heavy (non-hydrogen) atoms. The lowest BCUT2D eigenvalue weighted by molar-refractivity contribution is 0.0856. The molecule has 4 N–H and O–H groups in total. The molecule has 5 nitrogen and oxygen atoms in total. The van der Waals surface area contributed by atoms with Crippen molar-refractivity contribution in [3.05, 3.63) is 0 Å². The Morgan fingerprint density at radius 2 is 1.08 bits per heavy atom. The van der Waals surface area contributed by atoms with Crippen LogP contribution in [-0.2, 0) is 14.6 Å². The van der Waals surface area contributed by atoms with Crippen LogP contribution in [0.3, 0.4) is 0 Å². The van der Waals surface area contributed by atoms with Gasteiger partial charge in [-0.05, 0) is 20.3 Å². The summed E-state index contributed by atoms with van der Waals surface area (Å²) in [7, 11) is -4.60. The fourth-order valence-electron chi connectivity index (χ4n) is 2.89. The van der Waals surface area contributed by atoms with Crippen LogP contribution in [0.25, 0.3) is 0 Å². The lowest BCUT2D eigenvalue weighted by Crippen LogP contribution is -2.27. The lowest BCUT2D eigenvalue weighted by Gasteiger charge is -2.26. The zero-order valence-electron chi connectivity index (χ0n) is 16.4. The van der Waals surface area contributed by atoms with E-state index >= 15 is 0 Å². The maximum atomic E-state index is 10.6. The van der Waals surface area contributed by atoms with Crippen molar-refractivity contribution in [2.45, 2.75) is 116 Å². The molecule has 0 amide bonds. The van der Waals surface area contributed by atoms with Crippen LogP contribution in [0, 0.1) is 0 Å². The van der Waals surface area contributed by atoms with Gasteiger partial charge in [0.25, 0.3) is 0 Å². The third-order valence-corrected chi connectivity index (χ3v) is 4.87. The van der Waals surface area contributed by atoms with E-state index in [0.717, 1.165) is 12.8 Å². The molecule has 0 rings (SSSR count). The molecule has 0 aromatic rings. The molecule has 0 aliphatic carbocycles. The predicted molar refractivity (Wildman–Crippen MR) is 101 cm³/mol. The van der Waals surface area contributed by atoms with Crippen LogP contribution in [0.2, 0.25) is 0 Å². The highest BCUT2D eigenvalue weighted by molar-refractivity contribution is 7.80. The Morgan fingerprint density at radius 1 is 0.750 bits per heavy atom. The van der Waals surface area contributed by atoms with Crippen LogP contribution in [0.15, 0.2) is 0 Å². The maximum Gasteiger partial charge on any atom is 0.218 e. The van der Waals surface area contributed by atoms with E-state index in [0.29, 0.717) is 6.42 Å². The van der Waals surface area contributed by atoms with Crippen molar-refractivity contribution in [1.29, 1.82) is 0 Å². The zero-order valence-corrected chi connectivity index (χ0v) is 17.3.